The SMILES string of the molecule is CCCCCCCCOC(=O)CC[C@@H](C)[C@H]1CC[C@H]2[C@@H]3[C@H](OC(=O)CCN)C[C@@H]4C[C@H](OC(=O)CCN)CC[C@]4(C)[C@H]3C[C@H](OC(=O)CCN)[C@]12C. The van der Waals surface area contributed by atoms with Crippen LogP contribution in [0, 0.1) is 46.3 Å². The summed E-state index contributed by atoms with van der Waals surface area (Å²) in [5.41, 5.74) is 16.7. The molecule has 0 aliphatic heterocycles. The van der Waals surface area contributed by atoms with E-state index >= 15 is 0 Å². The summed E-state index contributed by atoms with van der Waals surface area (Å²) in [7, 11) is 0. The van der Waals surface area contributed by atoms with Crippen LogP contribution >= 0.6 is 0 Å². The molecule has 52 heavy (non-hydrogen) atoms. The van der Waals surface area contributed by atoms with Gasteiger partial charge in [0.25, 0.3) is 0 Å². The van der Waals surface area contributed by atoms with Crippen LogP contribution in [-0.4, -0.2) is 68.4 Å². The second-order valence-corrected chi connectivity index (χ2v) is 17.0. The molecule has 0 radical (unpaired) electrons. The van der Waals surface area contributed by atoms with Gasteiger partial charge in [0.05, 0.1) is 25.9 Å². The van der Waals surface area contributed by atoms with E-state index in [1.165, 1.54) is 25.7 Å². The summed E-state index contributed by atoms with van der Waals surface area (Å²) >= 11 is 0. The molecule has 0 spiro atoms. The van der Waals surface area contributed by atoms with Gasteiger partial charge in [0.2, 0.25) is 0 Å². The Morgan fingerprint density at radius 1 is 0.712 bits per heavy atom. The maximum absolute atomic E-state index is 13.2. The van der Waals surface area contributed by atoms with Crippen molar-refractivity contribution in [1.82, 2.24) is 0 Å². The number of esters is 4. The van der Waals surface area contributed by atoms with Crippen molar-refractivity contribution in [2.75, 3.05) is 26.2 Å². The molecule has 0 aromatic carbocycles. The summed E-state index contributed by atoms with van der Waals surface area (Å²) in [6.07, 6.45) is 13.2. The van der Waals surface area contributed by atoms with Gasteiger partial charge >= 0.3 is 23.9 Å². The molecule has 11 heteroatoms. The number of nitrogens with two attached hydrogens (primary N) is 3. The molecular weight excluding hydrogens is 662 g/mol. The van der Waals surface area contributed by atoms with Crippen molar-refractivity contribution in [3.05, 3.63) is 0 Å². The first kappa shape index (κ1) is 42.5. The molecule has 4 saturated carbocycles. The van der Waals surface area contributed by atoms with Crippen LogP contribution in [-0.2, 0) is 38.1 Å². The van der Waals surface area contributed by atoms with E-state index in [-0.39, 0.29) is 127 Å². The molecule has 0 aromatic rings. The number of hydrogen-bond acceptors (Lipinski definition) is 11. The van der Waals surface area contributed by atoms with Crippen LogP contribution in [0.25, 0.3) is 0 Å². The standard InChI is InChI=1S/C41H71N3O8/c1-5-6-7-8-9-10-23-49-35(45)14-11-27(2)30-12-13-31-39-32(26-34(41(30,31)4)52-38(48)18-22-44)40(3)19-15-29(50-36(46)16-20-42)24-28(40)25-33(39)51-37(47)17-21-43/h27-34,39H,5-26,42-44H2,1-4H3/t27-,28+,29-,30-,31+,32+,33-,34+,39+,40+,41-/m1/s1. The van der Waals surface area contributed by atoms with Gasteiger partial charge in [-0.15, -0.1) is 0 Å². The third-order valence-electron chi connectivity index (χ3n) is 13.9. The van der Waals surface area contributed by atoms with Crippen molar-refractivity contribution < 1.29 is 38.1 Å². The fraction of sp³-hybridized carbons (Fsp3) is 0.902. The van der Waals surface area contributed by atoms with Crippen LogP contribution in [0.5, 0.6) is 0 Å². The molecule has 0 heterocycles. The van der Waals surface area contributed by atoms with Gasteiger partial charge in [-0.3, -0.25) is 19.2 Å². The lowest BCUT2D eigenvalue weighted by molar-refractivity contribution is -0.225. The predicted octanol–water partition coefficient (Wildman–Crippen LogP) is 5.97. The second-order valence-electron chi connectivity index (χ2n) is 17.0. The minimum absolute atomic E-state index is 0.0910. The molecule has 0 bridgehead atoms. The van der Waals surface area contributed by atoms with E-state index in [0.717, 1.165) is 38.5 Å². The summed E-state index contributed by atoms with van der Waals surface area (Å²) in [5, 5.41) is 0. The first-order valence-electron chi connectivity index (χ1n) is 20.8. The zero-order valence-corrected chi connectivity index (χ0v) is 32.8. The van der Waals surface area contributed by atoms with Gasteiger partial charge in [0.1, 0.15) is 18.3 Å². The lowest BCUT2D eigenvalue weighted by Gasteiger charge is -2.64. The normalized spacial score (nSPS) is 34.3. The van der Waals surface area contributed by atoms with Gasteiger partial charge in [0.15, 0.2) is 0 Å². The molecule has 0 aromatic heterocycles. The fourth-order valence-electron chi connectivity index (χ4n) is 11.2. The van der Waals surface area contributed by atoms with Gasteiger partial charge in [0, 0.05) is 37.4 Å². The zero-order valence-electron chi connectivity index (χ0n) is 32.8. The van der Waals surface area contributed by atoms with Gasteiger partial charge in [-0.2, -0.15) is 0 Å². The Morgan fingerprint density at radius 3 is 2.02 bits per heavy atom. The highest BCUT2D eigenvalue weighted by molar-refractivity contribution is 5.71. The minimum Gasteiger partial charge on any atom is -0.466 e. The van der Waals surface area contributed by atoms with Gasteiger partial charge in [-0.25, -0.2) is 0 Å². The lowest BCUT2D eigenvalue weighted by Crippen LogP contribution is -2.63. The summed E-state index contributed by atoms with van der Waals surface area (Å²) in [4.78, 5) is 51.6. The molecule has 298 valence electrons. The molecule has 0 unspecified atom stereocenters. The average Bonchev–Trinajstić information content (AvgIpc) is 3.46. The second kappa shape index (κ2) is 19.9. The molecule has 11 atom stereocenters. The van der Waals surface area contributed by atoms with Crippen LogP contribution in [0.2, 0.25) is 0 Å². The van der Waals surface area contributed by atoms with Crippen LogP contribution in [0.1, 0.15) is 143 Å². The van der Waals surface area contributed by atoms with E-state index in [4.69, 9.17) is 36.1 Å². The minimum atomic E-state index is -0.371. The maximum Gasteiger partial charge on any atom is 0.307 e. The zero-order chi connectivity index (χ0) is 37.9. The molecule has 4 aliphatic rings. The Kier molecular flexibility index (Phi) is 16.3. The smallest absolute Gasteiger partial charge is 0.307 e. The monoisotopic (exact) mass is 734 g/mol. The Labute approximate surface area is 312 Å². The molecule has 0 amide bonds. The van der Waals surface area contributed by atoms with Crippen molar-refractivity contribution in [3.8, 4) is 0 Å². The fourth-order valence-corrected chi connectivity index (χ4v) is 11.2. The molecule has 0 saturated heterocycles. The molecule has 6 N–H and O–H groups in total. The summed E-state index contributed by atoms with van der Waals surface area (Å²) in [6.45, 7) is 10.3. The highest BCUT2D eigenvalue weighted by Crippen LogP contribution is 2.69. The number of hydrogen-bond donors (Lipinski definition) is 3. The van der Waals surface area contributed by atoms with Crippen LogP contribution in [0.4, 0.5) is 0 Å². The van der Waals surface area contributed by atoms with E-state index in [1.807, 2.05) is 0 Å². The first-order chi connectivity index (χ1) is 24.9. The summed E-state index contributed by atoms with van der Waals surface area (Å²) in [5.74, 6) is -0.00360. The van der Waals surface area contributed by atoms with Gasteiger partial charge < -0.3 is 36.1 Å². The van der Waals surface area contributed by atoms with E-state index in [1.54, 1.807) is 0 Å². The topological polar surface area (TPSA) is 183 Å². The first-order valence-corrected chi connectivity index (χ1v) is 20.8. The molecule has 4 rings (SSSR count). The van der Waals surface area contributed by atoms with E-state index < -0.39 is 0 Å². The van der Waals surface area contributed by atoms with Crippen LogP contribution in [0.15, 0.2) is 0 Å². The number of carbonyl (C=O) groups excluding carboxylic acids is 4. The summed E-state index contributed by atoms with van der Waals surface area (Å²) < 4.78 is 24.3. The van der Waals surface area contributed by atoms with Gasteiger partial charge in [-0.05, 0) is 92.8 Å². The van der Waals surface area contributed by atoms with Crippen molar-refractivity contribution >= 4 is 23.9 Å². The molecule has 4 fully saturated rings. The average molecular weight is 734 g/mol. The molecule has 11 nitrogen and oxygen atoms in total. The number of carbonyl (C=O) groups is 4. The summed E-state index contributed by atoms with van der Waals surface area (Å²) in [6, 6.07) is 0. The third-order valence-corrected chi connectivity index (χ3v) is 13.9. The number of rotatable bonds is 20. The van der Waals surface area contributed by atoms with Crippen molar-refractivity contribution in [2.24, 2.45) is 63.5 Å². The number of unbranched alkanes of at least 4 members (excludes halogenated alkanes) is 5. The molecule has 4 aliphatic carbocycles. The lowest BCUT2D eigenvalue weighted by atomic mass is 9.43. The Hall–Kier alpha value is -2.24. The van der Waals surface area contributed by atoms with Crippen molar-refractivity contribution in [3.63, 3.8) is 0 Å². The largest absolute Gasteiger partial charge is 0.466 e. The van der Waals surface area contributed by atoms with E-state index in [2.05, 4.69) is 27.7 Å². The highest BCUT2D eigenvalue weighted by atomic mass is 16.6. The maximum atomic E-state index is 13.2. The van der Waals surface area contributed by atoms with E-state index in [9.17, 15) is 19.2 Å². The predicted molar refractivity (Wildman–Crippen MR) is 199 cm³/mol. The number of ether oxygens (including phenoxy) is 4. The highest BCUT2D eigenvalue weighted by Gasteiger charge is 2.67. The Balaban J connectivity index is 1.56. The third kappa shape index (κ3) is 10.1. The van der Waals surface area contributed by atoms with Gasteiger partial charge in [-0.1, -0.05) is 59.8 Å². The van der Waals surface area contributed by atoms with Crippen molar-refractivity contribution in [2.45, 2.75) is 162 Å². The quantitative estimate of drug-likeness (QED) is 0.0762. The Bertz CT molecular complexity index is 1180. The van der Waals surface area contributed by atoms with Crippen LogP contribution in [0.3, 0.4) is 0 Å². The van der Waals surface area contributed by atoms with Crippen LogP contribution < -0.4 is 17.2 Å². The number of fused-ring (bicyclic) bond motifs is 5. The van der Waals surface area contributed by atoms with Crippen molar-refractivity contribution in [1.29, 1.82) is 0 Å². The molecular formula is C41H71N3O8. The van der Waals surface area contributed by atoms with E-state index in [0.29, 0.717) is 38.7 Å². The Morgan fingerprint density at radius 2 is 1.35 bits per heavy atom.